The molecular weight excluding hydrogens is 458 g/mol. The molecule has 35 heavy (non-hydrogen) atoms. The van der Waals surface area contributed by atoms with Crippen molar-refractivity contribution in [3.05, 3.63) is 66.3 Å². The Labute approximate surface area is 205 Å². The molecule has 0 radical (unpaired) electrons. The number of nitrogens with one attached hydrogen (secondary N) is 2. The van der Waals surface area contributed by atoms with Crippen molar-refractivity contribution in [1.82, 2.24) is 35.0 Å². The number of imidazole rings is 1. The second-order valence-corrected chi connectivity index (χ2v) is 9.24. The lowest BCUT2D eigenvalue weighted by Crippen LogP contribution is -2.57. The SMILES string of the molecule is C=CC(=N/C(=C\C)c1ccc2[nH]nc(-c3nc4c(-c5cccs5)nccc4[nH]3)c2n1)N1CC(N)C1. The molecule has 0 bridgehead atoms. The number of amidine groups is 1. The zero-order valence-corrected chi connectivity index (χ0v) is 19.9. The molecular formula is C25H23N9S. The lowest BCUT2D eigenvalue weighted by molar-refractivity contribution is 0.256. The molecule has 0 spiro atoms. The molecule has 0 atom stereocenters. The summed E-state index contributed by atoms with van der Waals surface area (Å²) < 4.78 is 0. The molecule has 1 aliphatic rings. The van der Waals surface area contributed by atoms with Gasteiger partial charge >= 0.3 is 0 Å². The maximum Gasteiger partial charge on any atom is 0.161 e. The van der Waals surface area contributed by atoms with Gasteiger partial charge in [0.1, 0.15) is 22.6 Å². The maximum atomic E-state index is 5.94. The van der Waals surface area contributed by atoms with Gasteiger partial charge in [-0.2, -0.15) is 5.10 Å². The Kier molecular flexibility index (Phi) is 5.24. The van der Waals surface area contributed by atoms with E-state index in [4.69, 9.17) is 20.7 Å². The van der Waals surface area contributed by atoms with E-state index >= 15 is 0 Å². The minimum atomic E-state index is 0.177. The number of likely N-dealkylation sites (tertiary alicyclic amines) is 1. The van der Waals surface area contributed by atoms with Crippen LogP contribution in [0.2, 0.25) is 0 Å². The van der Waals surface area contributed by atoms with Crippen molar-refractivity contribution in [1.29, 1.82) is 0 Å². The van der Waals surface area contributed by atoms with Gasteiger partial charge in [-0.25, -0.2) is 15.0 Å². The summed E-state index contributed by atoms with van der Waals surface area (Å²) in [6.45, 7) is 7.41. The Hall–Kier alpha value is -4.15. The molecule has 0 unspecified atom stereocenters. The summed E-state index contributed by atoms with van der Waals surface area (Å²) >= 11 is 1.64. The zero-order valence-electron chi connectivity index (χ0n) is 19.1. The Morgan fingerprint density at radius 3 is 2.77 bits per heavy atom. The number of hydrogen-bond acceptors (Lipinski definition) is 7. The molecule has 1 aliphatic heterocycles. The number of aromatic nitrogens is 6. The quantitative estimate of drug-likeness (QED) is 0.255. The van der Waals surface area contributed by atoms with Gasteiger partial charge < -0.3 is 15.6 Å². The highest BCUT2D eigenvalue weighted by Gasteiger charge is 2.25. The standard InChI is InChI=1S/C25H23N9S/c1-3-15(28-20(4-2)34-12-14(26)13-34)16-7-8-18-22(29-16)24(33-32-18)25-30-17-9-10-27-23(21(17)31-25)19-6-5-11-35-19/h3-11,14H,2,12-13,26H2,1H3,(H,30,31)(H,32,33)/b15-3-,28-20?. The van der Waals surface area contributed by atoms with E-state index in [2.05, 4.69) is 31.6 Å². The summed E-state index contributed by atoms with van der Waals surface area (Å²) in [7, 11) is 0. The number of thiophene rings is 1. The topological polar surface area (TPSA) is 125 Å². The zero-order chi connectivity index (χ0) is 23.9. The molecule has 0 aliphatic carbocycles. The summed E-state index contributed by atoms with van der Waals surface area (Å²) in [5, 5.41) is 9.63. The smallest absolute Gasteiger partial charge is 0.161 e. The van der Waals surface area contributed by atoms with E-state index in [1.165, 1.54) is 0 Å². The molecule has 0 amide bonds. The predicted molar refractivity (Wildman–Crippen MR) is 141 cm³/mol. The van der Waals surface area contributed by atoms with E-state index in [9.17, 15) is 0 Å². The lowest BCUT2D eigenvalue weighted by Gasteiger charge is -2.38. The molecule has 1 fully saturated rings. The molecule has 0 saturated carbocycles. The maximum absolute atomic E-state index is 5.94. The van der Waals surface area contributed by atoms with Crippen LogP contribution in [-0.2, 0) is 0 Å². The van der Waals surface area contributed by atoms with Crippen molar-refractivity contribution < 1.29 is 0 Å². The molecule has 9 nitrogen and oxygen atoms in total. The number of H-pyrrole nitrogens is 2. The third kappa shape index (κ3) is 3.72. The normalized spacial score (nSPS) is 15.2. The lowest BCUT2D eigenvalue weighted by atomic mass is 10.1. The van der Waals surface area contributed by atoms with Gasteiger partial charge in [0.05, 0.1) is 27.3 Å². The number of aliphatic imine (C=N–C) groups is 1. The predicted octanol–water partition coefficient (Wildman–Crippen LogP) is 4.21. The van der Waals surface area contributed by atoms with E-state index in [1.54, 1.807) is 23.6 Å². The van der Waals surface area contributed by atoms with E-state index < -0.39 is 0 Å². The fourth-order valence-corrected chi connectivity index (χ4v) is 4.91. The van der Waals surface area contributed by atoms with Crippen LogP contribution in [0.4, 0.5) is 0 Å². The van der Waals surface area contributed by atoms with Gasteiger partial charge in [0.2, 0.25) is 0 Å². The van der Waals surface area contributed by atoms with E-state index in [0.29, 0.717) is 17.0 Å². The molecule has 5 aromatic heterocycles. The number of aromatic amines is 2. The summed E-state index contributed by atoms with van der Waals surface area (Å²) in [5.74, 6) is 1.42. The third-order valence-electron chi connectivity index (χ3n) is 5.97. The van der Waals surface area contributed by atoms with Crippen molar-refractivity contribution in [2.75, 3.05) is 13.1 Å². The first-order valence-corrected chi connectivity index (χ1v) is 12.1. The van der Waals surface area contributed by atoms with Crippen molar-refractivity contribution in [2.24, 2.45) is 10.7 Å². The molecule has 4 N–H and O–H groups in total. The van der Waals surface area contributed by atoms with E-state index in [0.717, 1.165) is 57.4 Å². The summed E-state index contributed by atoms with van der Waals surface area (Å²) in [6.07, 6.45) is 5.49. The number of fused-ring (bicyclic) bond motifs is 2. The van der Waals surface area contributed by atoms with Gasteiger partial charge in [-0.15, -0.1) is 11.3 Å². The Balaban J connectivity index is 1.41. The summed E-state index contributed by atoms with van der Waals surface area (Å²) in [6, 6.07) is 10.0. The Morgan fingerprint density at radius 1 is 1.17 bits per heavy atom. The van der Waals surface area contributed by atoms with Gasteiger partial charge in [0.25, 0.3) is 0 Å². The van der Waals surface area contributed by atoms with Gasteiger partial charge in [0, 0.05) is 25.3 Å². The monoisotopic (exact) mass is 481 g/mol. The highest BCUT2D eigenvalue weighted by Crippen LogP contribution is 2.32. The average Bonchev–Trinajstić information content (AvgIpc) is 3.61. The molecule has 174 valence electrons. The van der Waals surface area contributed by atoms with Gasteiger partial charge in [-0.3, -0.25) is 10.1 Å². The minimum absolute atomic E-state index is 0.177. The van der Waals surface area contributed by atoms with Crippen LogP contribution in [0.1, 0.15) is 12.6 Å². The van der Waals surface area contributed by atoms with Crippen molar-refractivity contribution in [3.63, 3.8) is 0 Å². The van der Waals surface area contributed by atoms with Crippen molar-refractivity contribution in [3.8, 4) is 22.1 Å². The summed E-state index contributed by atoms with van der Waals surface area (Å²) in [4.78, 5) is 25.7. The van der Waals surface area contributed by atoms with Crippen LogP contribution in [0.3, 0.4) is 0 Å². The number of nitrogens with zero attached hydrogens (tertiary/aromatic N) is 6. The minimum Gasteiger partial charge on any atom is -0.353 e. The van der Waals surface area contributed by atoms with E-state index in [-0.39, 0.29) is 6.04 Å². The van der Waals surface area contributed by atoms with E-state index in [1.807, 2.05) is 48.7 Å². The Bertz CT molecular complexity index is 1600. The van der Waals surface area contributed by atoms with Gasteiger partial charge in [-0.1, -0.05) is 18.7 Å². The fraction of sp³-hybridized carbons (Fsp3) is 0.160. The largest absolute Gasteiger partial charge is 0.353 e. The van der Waals surface area contributed by atoms with Crippen LogP contribution in [-0.4, -0.2) is 60.0 Å². The second kappa shape index (κ2) is 8.57. The molecule has 6 heterocycles. The molecule has 5 aromatic rings. The molecule has 10 heteroatoms. The molecule has 0 aromatic carbocycles. The van der Waals surface area contributed by atoms with Crippen LogP contribution in [0.5, 0.6) is 0 Å². The number of rotatable bonds is 5. The first-order chi connectivity index (χ1) is 17.1. The van der Waals surface area contributed by atoms with Crippen LogP contribution in [0.25, 0.3) is 49.9 Å². The van der Waals surface area contributed by atoms with Crippen LogP contribution >= 0.6 is 11.3 Å². The average molecular weight is 482 g/mol. The Morgan fingerprint density at radius 2 is 2.03 bits per heavy atom. The molecule has 1 saturated heterocycles. The van der Waals surface area contributed by atoms with Crippen molar-refractivity contribution in [2.45, 2.75) is 13.0 Å². The summed E-state index contributed by atoms with van der Waals surface area (Å²) in [5.41, 5.74) is 12.2. The first kappa shape index (κ1) is 21.4. The fourth-order valence-electron chi connectivity index (χ4n) is 4.19. The second-order valence-electron chi connectivity index (χ2n) is 8.30. The third-order valence-corrected chi connectivity index (χ3v) is 6.85. The first-order valence-electron chi connectivity index (χ1n) is 11.3. The van der Waals surface area contributed by atoms with Crippen LogP contribution in [0, 0.1) is 0 Å². The number of nitrogens with two attached hydrogens (primary N) is 1. The van der Waals surface area contributed by atoms with Gasteiger partial charge in [-0.05, 0) is 42.6 Å². The van der Waals surface area contributed by atoms with Gasteiger partial charge in [0.15, 0.2) is 11.5 Å². The highest BCUT2D eigenvalue weighted by atomic mass is 32.1. The molecule has 6 rings (SSSR count). The number of hydrogen-bond donors (Lipinski definition) is 3. The highest BCUT2D eigenvalue weighted by molar-refractivity contribution is 7.13. The van der Waals surface area contributed by atoms with Crippen LogP contribution in [0.15, 0.2) is 65.6 Å². The number of allylic oxidation sites excluding steroid dienone is 1. The van der Waals surface area contributed by atoms with Crippen LogP contribution < -0.4 is 5.73 Å². The van der Waals surface area contributed by atoms with Crippen molar-refractivity contribution >= 4 is 44.9 Å². The number of pyridine rings is 2.